The van der Waals surface area contributed by atoms with Crippen LogP contribution in [0.1, 0.15) is 36.0 Å². The van der Waals surface area contributed by atoms with Crippen molar-refractivity contribution >= 4 is 22.4 Å². The van der Waals surface area contributed by atoms with Crippen molar-refractivity contribution in [2.24, 2.45) is 0 Å². The number of aryl methyl sites for hydroxylation is 1. The highest BCUT2D eigenvalue weighted by Crippen LogP contribution is 2.15. The third-order valence-electron chi connectivity index (χ3n) is 2.99. The number of amides is 1. The highest BCUT2D eigenvalue weighted by Gasteiger charge is 2.15. The summed E-state index contributed by atoms with van der Waals surface area (Å²) in [6.07, 6.45) is 0. The molecule has 0 unspecified atom stereocenters. The van der Waals surface area contributed by atoms with Crippen molar-refractivity contribution in [3.05, 3.63) is 38.8 Å². The molecule has 0 radical (unpaired) electrons. The standard InChI is InChI=1S/C14H15N5O2S/c1-8(2)11-5-4-10(6-15)13(21)19(11)7-12(20)16-14-18-17-9(3)22-14/h4-5,8H,7H2,1-3H3,(H,16,18,20). The molecule has 0 aliphatic heterocycles. The van der Waals surface area contributed by atoms with E-state index < -0.39 is 5.56 Å². The lowest BCUT2D eigenvalue weighted by atomic mass is 10.1. The average molecular weight is 317 g/mol. The number of nitrogens with zero attached hydrogens (tertiary/aromatic N) is 4. The lowest BCUT2D eigenvalue weighted by Crippen LogP contribution is -2.31. The second-order valence-corrected chi connectivity index (χ2v) is 6.19. The SMILES string of the molecule is Cc1nnc(NC(=O)Cn2c(C(C)C)ccc(C#N)c2=O)s1. The van der Waals surface area contributed by atoms with E-state index in [1.54, 1.807) is 13.0 Å². The Labute approximate surface area is 131 Å². The fourth-order valence-corrected chi connectivity index (χ4v) is 2.60. The minimum absolute atomic E-state index is 0.0176. The van der Waals surface area contributed by atoms with Crippen LogP contribution in [0.2, 0.25) is 0 Å². The number of carbonyl (C=O) groups excluding carboxylic acids is 1. The average Bonchev–Trinajstić information content (AvgIpc) is 2.85. The summed E-state index contributed by atoms with van der Waals surface area (Å²) >= 11 is 1.26. The molecular formula is C14H15N5O2S. The summed E-state index contributed by atoms with van der Waals surface area (Å²) < 4.78 is 1.33. The van der Waals surface area contributed by atoms with E-state index in [0.717, 1.165) is 5.01 Å². The molecule has 7 nitrogen and oxygen atoms in total. The van der Waals surface area contributed by atoms with E-state index in [4.69, 9.17) is 5.26 Å². The number of anilines is 1. The third kappa shape index (κ3) is 3.38. The molecule has 0 bridgehead atoms. The van der Waals surface area contributed by atoms with Crippen molar-refractivity contribution in [1.82, 2.24) is 14.8 Å². The molecule has 0 saturated carbocycles. The highest BCUT2D eigenvalue weighted by molar-refractivity contribution is 7.15. The monoisotopic (exact) mass is 317 g/mol. The van der Waals surface area contributed by atoms with Gasteiger partial charge in [-0.05, 0) is 25.0 Å². The number of pyridine rings is 1. The van der Waals surface area contributed by atoms with Gasteiger partial charge in [0.15, 0.2) is 0 Å². The van der Waals surface area contributed by atoms with Gasteiger partial charge in [-0.15, -0.1) is 10.2 Å². The molecule has 2 aromatic rings. The van der Waals surface area contributed by atoms with Crippen LogP contribution < -0.4 is 10.9 Å². The van der Waals surface area contributed by atoms with Crippen LogP contribution in [0.25, 0.3) is 0 Å². The van der Waals surface area contributed by atoms with Crippen LogP contribution in [0.15, 0.2) is 16.9 Å². The molecule has 2 rings (SSSR count). The lowest BCUT2D eigenvalue weighted by molar-refractivity contribution is -0.116. The van der Waals surface area contributed by atoms with Gasteiger partial charge in [0.1, 0.15) is 23.2 Å². The third-order valence-corrected chi connectivity index (χ3v) is 3.75. The van der Waals surface area contributed by atoms with E-state index in [0.29, 0.717) is 10.8 Å². The number of hydrogen-bond donors (Lipinski definition) is 1. The smallest absolute Gasteiger partial charge is 0.269 e. The Kier molecular flexibility index (Phi) is 4.68. The maximum Gasteiger partial charge on any atom is 0.269 e. The molecule has 0 atom stereocenters. The first kappa shape index (κ1) is 15.9. The van der Waals surface area contributed by atoms with Crippen LogP contribution in [0.5, 0.6) is 0 Å². The molecule has 0 fully saturated rings. The summed E-state index contributed by atoms with van der Waals surface area (Å²) in [7, 11) is 0. The van der Waals surface area contributed by atoms with Crippen LogP contribution in [-0.2, 0) is 11.3 Å². The Balaban J connectivity index is 2.29. The Morgan fingerprint density at radius 2 is 2.18 bits per heavy atom. The molecule has 0 spiro atoms. The van der Waals surface area contributed by atoms with Crippen molar-refractivity contribution in [2.45, 2.75) is 33.2 Å². The van der Waals surface area contributed by atoms with Gasteiger partial charge < -0.3 is 4.57 Å². The summed E-state index contributed by atoms with van der Waals surface area (Å²) in [5.74, 6) is -0.327. The molecule has 2 aromatic heterocycles. The summed E-state index contributed by atoms with van der Waals surface area (Å²) in [5, 5.41) is 20.3. The lowest BCUT2D eigenvalue weighted by Gasteiger charge is -2.15. The molecule has 1 amide bonds. The molecule has 1 N–H and O–H groups in total. The van der Waals surface area contributed by atoms with Gasteiger partial charge >= 0.3 is 0 Å². The van der Waals surface area contributed by atoms with Gasteiger partial charge in [0.25, 0.3) is 5.56 Å². The number of nitriles is 1. The van der Waals surface area contributed by atoms with Crippen LogP contribution in [0.4, 0.5) is 5.13 Å². The van der Waals surface area contributed by atoms with E-state index in [2.05, 4.69) is 15.5 Å². The van der Waals surface area contributed by atoms with Gasteiger partial charge in [0.05, 0.1) is 0 Å². The van der Waals surface area contributed by atoms with E-state index >= 15 is 0 Å². The van der Waals surface area contributed by atoms with Crippen LogP contribution >= 0.6 is 11.3 Å². The Morgan fingerprint density at radius 1 is 1.45 bits per heavy atom. The van der Waals surface area contributed by atoms with Crippen LogP contribution in [-0.4, -0.2) is 20.7 Å². The molecule has 2 heterocycles. The van der Waals surface area contributed by atoms with Crippen molar-refractivity contribution in [2.75, 3.05) is 5.32 Å². The first-order valence-corrected chi connectivity index (χ1v) is 7.47. The Hall–Kier alpha value is -2.53. The van der Waals surface area contributed by atoms with E-state index in [-0.39, 0.29) is 23.9 Å². The fraction of sp³-hybridized carbons (Fsp3) is 0.357. The summed E-state index contributed by atoms with van der Waals surface area (Å²) in [5.41, 5.74) is 0.258. The fourth-order valence-electron chi connectivity index (χ4n) is 1.99. The summed E-state index contributed by atoms with van der Waals surface area (Å²) in [6, 6.07) is 5.03. The molecule has 8 heteroatoms. The molecular weight excluding hydrogens is 302 g/mol. The van der Waals surface area contributed by atoms with Gasteiger partial charge in [0.2, 0.25) is 11.0 Å². The van der Waals surface area contributed by atoms with Gasteiger partial charge in [-0.2, -0.15) is 5.26 Å². The van der Waals surface area contributed by atoms with Crippen molar-refractivity contribution in [3.8, 4) is 6.07 Å². The largest absolute Gasteiger partial charge is 0.302 e. The van der Waals surface area contributed by atoms with Crippen molar-refractivity contribution in [1.29, 1.82) is 5.26 Å². The second-order valence-electron chi connectivity index (χ2n) is 5.00. The summed E-state index contributed by atoms with van der Waals surface area (Å²) in [6.45, 7) is 5.46. The van der Waals surface area contributed by atoms with Gasteiger partial charge in [0, 0.05) is 5.69 Å². The number of carbonyl (C=O) groups is 1. The van der Waals surface area contributed by atoms with Gasteiger partial charge in [-0.1, -0.05) is 25.2 Å². The first-order chi connectivity index (χ1) is 10.4. The number of nitrogens with one attached hydrogen (secondary N) is 1. The maximum absolute atomic E-state index is 12.3. The van der Waals surface area contributed by atoms with E-state index in [1.807, 2.05) is 19.9 Å². The quantitative estimate of drug-likeness (QED) is 0.924. The maximum atomic E-state index is 12.3. The molecule has 0 aliphatic rings. The van der Waals surface area contributed by atoms with E-state index in [9.17, 15) is 9.59 Å². The number of hydrogen-bond acceptors (Lipinski definition) is 6. The minimum Gasteiger partial charge on any atom is -0.302 e. The highest BCUT2D eigenvalue weighted by atomic mass is 32.1. The topological polar surface area (TPSA) is 101 Å². The molecule has 114 valence electrons. The number of aromatic nitrogens is 3. The summed E-state index contributed by atoms with van der Waals surface area (Å²) in [4.78, 5) is 24.4. The second kappa shape index (κ2) is 6.49. The molecule has 0 aliphatic carbocycles. The van der Waals surface area contributed by atoms with Crippen molar-refractivity contribution in [3.63, 3.8) is 0 Å². The predicted molar refractivity (Wildman–Crippen MR) is 82.8 cm³/mol. The van der Waals surface area contributed by atoms with Crippen LogP contribution in [0.3, 0.4) is 0 Å². The van der Waals surface area contributed by atoms with E-state index in [1.165, 1.54) is 22.0 Å². The normalized spacial score (nSPS) is 10.5. The first-order valence-electron chi connectivity index (χ1n) is 6.66. The zero-order valence-corrected chi connectivity index (χ0v) is 13.3. The Morgan fingerprint density at radius 3 is 2.73 bits per heavy atom. The number of rotatable bonds is 4. The minimum atomic E-state index is -0.461. The molecule has 0 aromatic carbocycles. The zero-order chi connectivity index (χ0) is 16.3. The Bertz CT molecular complexity index is 800. The molecule has 22 heavy (non-hydrogen) atoms. The zero-order valence-electron chi connectivity index (χ0n) is 12.5. The van der Waals surface area contributed by atoms with Crippen LogP contribution in [0, 0.1) is 18.3 Å². The molecule has 0 saturated heterocycles. The predicted octanol–water partition coefficient (Wildman–Crippen LogP) is 1.64. The van der Waals surface area contributed by atoms with Crippen molar-refractivity contribution < 1.29 is 4.79 Å². The van der Waals surface area contributed by atoms with Gasteiger partial charge in [-0.25, -0.2) is 0 Å². The van der Waals surface area contributed by atoms with Gasteiger partial charge in [-0.3, -0.25) is 14.9 Å².